The number of rotatable bonds is 5. The van der Waals surface area contributed by atoms with Gasteiger partial charge in [0, 0.05) is 57.9 Å². The van der Waals surface area contributed by atoms with E-state index in [1.54, 1.807) is 7.05 Å². The number of hydrogen-bond acceptors (Lipinski definition) is 4. The Hall–Kier alpha value is -2.31. The summed E-state index contributed by atoms with van der Waals surface area (Å²) in [6.45, 7) is 8.36. The van der Waals surface area contributed by atoms with Gasteiger partial charge in [-0.1, -0.05) is 13.8 Å². The van der Waals surface area contributed by atoms with E-state index in [4.69, 9.17) is 0 Å². The van der Waals surface area contributed by atoms with E-state index >= 15 is 0 Å². The van der Waals surface area contributed by atoms with Crippen LogP contribution in [0.2, 0.25) is 0 Å². The Labute approximate surface area is 168 Å². The van der Waals surface area contributed by atoms with Crippen molar-refractivity contribution in [2.75, 3.05) is 38.1 Å². The van der Waals surface area contributed by atoms with Gasteiger partial charge in [0.05, 0.1) is 0 Å². The van der Waals surface area contributed by atoms with Crippen LogP contribution in [0.5, 0.6) is 0 Å². The molecule has 1 atom stereocenters. The second-order valence-electron chi connectivity index (χ2n) is 8.06. The summed E-state index contributed by atoms with van der Waals surface area (Å²) in [5, 5.41) is 6.86. The number of aliphatic imine (C=N–C) groups is 1. The molecule has 2 fully saturated rings. The molecule has 3 heterocycles. The van der Waals surface area contributed by atoms with Crippen molar-refractivity contribution >= 4 is 17.7 Å². The minimum absolute atomic E-state index is 0.0528. The fraction of sp³-hybridized carbons (Fsp3) is 0.667. The molecule has 154 valence electrons. The number of carbonyl (C=O) groups excluding carboxylic acids is 1. The Bertz CT molecular complexity index is 683. The second-order valence-corrected chi connectivity index (χ2v) is 8.06. The van der Waals surface area contributed by atoms with Gasteiger partial charge >= 0.3 is 0 Å². The highest BCUT2D eigenvalue weighted by Crippen LogP contribution is 2.18. The molecule has 0 bridgehead atoms. The first-order valence-corrected chi connectivity index (χ1v) is 10.5. The maximum absolute atomic E-state index is 12.2. The van der Waals surface area contributed by atoms with Gasteiger partial charge in [-0.25, -0.2) is 4.98 Å². The molecule has 0 aromatic carbocycles. The quantitative estimate of drug-likeness (QED) is 0.598. The van der Waals surface area contributed by atoms with Crippen LogP contribution in [0.4, 0.5) is 5.82 Å². The summed E-state index contributed by atoms with van der Waals surface area (Å²) in [5.41, 5.74) is 1.20. The Balaban J connectivity index is 1.50. The number of carbonyl (C=O) groups is 1. The maximum atomic E-state index is 12.2. The Morgan fingerprint density at radius 3 is 2.79 bits per heavy atom. The zero-order valence-corrected chi connectivity index (χ0v) is 17.4. The molecule has 7 nitrogen and oxygen atoms in total. The molecular formula is C21H34N6O. The number of nitrogens with one attached hydrogen (secondary N) is 2. The number of anilines is 1. The monoisotopic (exact) mass is 386 g/mol. The lowest BCUT2D eigenvalue weighted by molar-refractivity contribution is -0.133. The van der Waals surface area contributed by atoms with E-state index < -0.39 is 0 Å². The predicted octanol–water partition coefficient (Wildman–Crippen LogP) is 1.99. The number of nitrogens with zero attached hydrogens (tertiary/aromatic N) is 4. The standard InChI is InChI=1S/C21H34N6O/c1-16(2)20(28)27-12-8-18(15-27)25-21(22-3)24-14-17-7-9-23-19(13-17)26-10-5-4-6-11-26/h7,9,13,16,18H,4-6,8,10-12,14-15H2,1-3H3,(H2,22,24,25). The topological polar surface area (TPSA) is 72.9 Å². The molecule has 2 N–H and O–H groups in total. The van der Waals surface area contributed by atoms with Crippen LogP contribution in [0.1, 0.15) is 45.1 Å². The van der Waals surface area contributed by atoms with Crippen molar-refractivity contribution < 1.29 is 4.79 Å². The third kappa shape index (κ3) is 5.36. The Kier molecular flexibility index (Phi) is 7.12. The lowest BCUT2D eigenvalue weighted by Crippen LogP contribution is -2.45. The third-order valence-electron chi connectivity index (χ3n) is 5.51. The minimum atomic E-state index is 0.0528. The number of amides is 1. The summed E-state index contributed by atoms with van der Waals surface area (Å²) >= 11 is 0. The molecule has 1 aromatic rings. The molecule has 1 amide bonds. The highest BCUT2D eigenvalue weighted by atomic mass is 16.2. The van der Waals surface area contributed by atoms with Crippen molar-refractivity contribution in [2.24, 2.45) is 10.9 Å². The van der Waals surface area contributed by atoms with Crippen LogP contribution in [0.25, 0.3) is 0 Å². The van der Waals surface area contributed by atoms with Gasteiger partial charge in [0.15, 0.2) is 5.96 Å². The highest BCUT2D eigenvalue weighted by molar-refractivity contribution is 5.81. The summed E-state index contributed by atoms with van der Waals surface area (Å²) in [6.07, 6.45) is 6.66. The van der Waals surface area contributed by atoms with Gasteiger partial charge in [0.2, 0.25) is 5.91 Å². The van der Waals surface area contributed by atoms with E-state index in [2.05, 4.69) is 31.6 Å². The predicted molar refractivity (Wildman–Crippen MR) is 113 cm³/mol. The number of guanidine groups is 1. The van der Waals surface area contributed by atoms with Crippen molar-refractivity contribution in [3.05, 3.63) is 23.9 Å². The van der Waals surface area contributed by atoms with Gasteiger partial charge < -0.3 is 20.4 Å². The first kappa shape index (κ1) is 20.4. The largest absolute Gasteiger partial charge is 0.357 e. The first-order valence-electron chi connectivity index (χ1n) is 10.5. The molecular weight excluding hydrogens is 352 g/mol. The van der Waals surface area contributed by atoms with Gasteiger partial charge in [-0.2, -0.15) is 0 Å². The van der Waals surface area contributed by atoms with E-state index in [9.17, 15) is 4.79 Å². The Morgan fingerprint density at radius 1 is 1.29 bits per heavy atom. The van der Waals surface area contributed by atoms with E-state index in [1.807, 2.05) is 31.0 Å². The second kappa shape index (κ2) is 9.75. The third-order valence-corrected chi connectivity index (χ3v) is 5.51. The molecule has 2 aliphatic heterocycles. The number of aromatic nitrogens is 1. The van der Waals surface area contributed by atoms with Crippen molar-refractivity contribution in [3.63, 3.8) is 0 Å². The van der Waals surface area contributed by atoms with Crippen molar-refractivity contribution in [3.8, 4) is 0 Å². The summed E-state index contributed by atoms with van der Waals surface area (Å²) in [6, 6.07) is 4.46. The van der Waals surface area contributed by atoms with Crippen LogP contribution >= 0.6 is 0 Å². The summed E-state index contributed by atoms with van der Waals surface area (Å²) < 4.78 is 0. The van der Waals surface area contributed by atoms with Gasteiger partial charge in [-0.05, 0) is 43.4 Å². The van der Waals surface area contributed by atoms with Crippen molar-refractivity contribution in [1.82, 2.24) is 20.5 Å². The molecule has 7 heteroatoms. The van der Waals surface area contributed by atoms with Crippen LogP contribution in [-0.2, 0) is 11.3 Å². The molecule has 0 spiro atoms. The van der Waals surface area contributed by atoms with Crippen LogP contribution in [0.15, 0.2) is 23.3 Å². The van der Waals surface area contributed by atoms with Crippen molar-refractivity contribution in [1.29, 1.82) is 0 Å². The average molecular weight is 387 g/mol. The van der Waals surface area contributed by atoms with Gasteiger partial charge in [-0.3, -0.25) is 9.79 Å². The maximum Gasteiger partial charge on any atom is 0.225 e. The zero-order chi connectivity index (χ0) is 19.9. The molecule has 1 aromatic heterocycles. The average Bonchev–Trinajstić information content (AvgIpc) is 3.19. The van der Waals surface area contributed by atoms with E-state index in [0.29, 0.717) is 6.54 Å². The summed E-state index contributed by atoms with van der Waals surface area (Å²) in [7, 11) is 1.78. The van der Waals surface area contributed by atoms with Crippen LogP contribution in [0, 0.1) is 5.92 Å². The van der Waals surface area contributed by atoms with E-state index in [1.165, 1.54) is 24.8 Å². The van der Waals surface area contributed by atoms with Gasteiger partial charge in [0.1, 0.15) is 5.82 Å². The fourth-order valence-corrected chi connectivity index (χ4v) is 3.88. The Morgan fingerprint density at radius 2 is 2.07 bits per heavy atom. The molecule has 28 heavy (non-hydrogen) atoms. The number of pyridine rings is 1. The molecule has 3 rings (SSSR count). The van der Waals surface area contributed by atoms with E-state index in [-0.39, 0.29) is 17.9 Å². The fourth-order valence-electron chi connectivity index (χ4n) is 3.88. The molecule has 0 radical (unpaired) electrons. The number of piperidine rings is 1. The molecule has 2 saturated heterocycles. The smallest absolute Gasteiger partial charge is 0.225 e. The highest BCUT2D eigenvalue weighted by Gasteiger charge is 2.27. The lowest BCUT2D eigenvalue weighted by atomic mass is 10.1. The van der Waals surface area contributed by atoms with E-state index in [0.717, 1.165) is 44.4 Å². The summed E-state index contributed by atoms with van der Waals surface area (Å²) in [4.78, 5) is 25.4. The van der Waals surface area contributed by atoms with Gasteiger partial charge in [-0.15, -0.1) is 0 Å². The van der Waals surface area contributed by atoms with Crippen LogP contribution in [-0.4, -0.2) is 61.0 Å². The van der Waals surface area contributed by atoms with Gasteiger partial charge in [0.25, 0.3) is 0 Å². The molecule has 0 saturated carbocycles. The lowest BCUT2D eigenvalue weighted by Gasteiger charge is -2.28. The minimum Gasteiger partial charge on any atom is -0.357 e. The molecule has 2 aliphatic rings. The first-order chi connectivity index (χ1) is 13.6. The van der Waals surface area contributed by atoms with Crippen LogP contribution in [0.3, 0.4) is 0 Å². The number of likely N-dealkylation sites (tertiary alicyclic amines) is 1. The normalized spacial score (nSPS) is 20.6. The van der Waals surface area contributed by atoms with Crippen LogP contribution < -0.4 is 15.5 Å². The molecule has 0 aliphatic carbocycles. The summed E-state index contributed by atoms with van der Waals surface area (Å²) in [5.74, 6) is 2.13. The van der Waals surface area contributed by atoms with Crippen molar-refractivity contribution in [2.45, 2.75) is 52.1 Å². The number of hydrogen-bond donors (Lipinski definition) is 2. The zero-order valence-electron chi connectivity index (χ0n) is 17.4. The SMILES string of the molecule is CN=C(NCc1ccnc(N2CCCCC2)c1)NC1CCN(C(=O)C(C)C)C1. The molecule has 1 unspecified atom stereocenters.